The van der Waals surface area contributed by atoms with E-state index in [1.807, 2.05) is 12.1 Å². The molecule has 0 bridgehead atoms. The van der Waals surface area contributed by atoms with Crippen LogP contribution in [0.2, 0.25) is 0 Å². The maximum atomic E-state index is 13.1. The Morgan fingerprint density at radius 3 is 2.70 bits per heavy atom. The normalized spacial score (nSPS) is 20.3. The zero-order valence-corrected chi connectivity index (χ0v) is 16.0. The maximum Gasteiger partial charge on any atom is 0.243 e. The Morgan fingerprint density at radius 2 is 1.96 bits per heavy atom. The van der Waals surface area contributed by atoms with Crippen LogP contribution in [0.1, 0.15) is 29.7 Å². The van der Waals surface area contributed by atoms with Crippen molar-refractivity contribution in [1.82, 2.24) is 4.31 Å². The molecule has 2 aromatic carbocycles. The number of anilines is 1. The highest BCUT2D eigenvalue weighted by Gasteiger charge is 2.32. The lowest BCUT2D eigenvalue weighted by atomic mass is 10.1. The van der Waals surface area contributed by atoms with E-state index in [9.17, 15) is 13.2 Å². The van der Waals surface area contributed by atoms with Crippen molar-refractivity contribution in [2.45, 2.75) is 30.8 Å². The molecule has 4 rings (SSSR count). The minimum atomic E-state index is -3.64. The molecule has 0 saturated carbocycles. The average molecular weight is 386 g/mol. The van der Waals surface area contributed by atoms with Crippen LogP contribution in [0.15, 0.2) is 47.4 Å². The number of carbonyl (C=O) groups is 1. The van der Waals surface area contributed by atoms with Crippen LogP contribution in [-0.2, 0) is 32.4 Å². The first-order valence-corrected chi connectivity index (χ1v) is 10.5. The van der Waals surface area contributed by atoms with E-state index in [-0.39, 0.29) is 29.9 Å². The molecule has 1 N–H and O–H groups in total. The molecule has 1 unspecified atom stereocenters. The molecule has 2 aromatic rings. The number of rotatable bonds is 4. The number of sulfonamides is 1. The van der Waals surface area contributed by atoms with Gasteiger partial charge in [0.15, 0.2) is 0 Å². The molecule has 1 fully saturated rings. The summed E-state index contributed by atoms with van der Waals surface area (Å²) in [4.78, 5) is 11.7. The predicted molar refractivity (Wildman–Crippen MR) is 102 cm³/mol. The van der Waals surface area contributed by atoms with Crippen molar-refractivity contribution in [3.8, 4) is 0 Å². The molecule has 0 aliphatic carbocycles. The molecule has 27 heavy (non-hydrogen) atoms. The molecule has 6 nitrogen and oxygen atoms in total. The first-order valence-electron chi connectivity index (χ1n) is 9.11. The van der Waals surface area contributed by atoms with Gasteiger partial charge >= 0.3 is 0 Å². The summed E-state index contributed by atoms with van der Waals surface area (Å²) in [5.41, 5.74) is 3.63. The molecular weight excluding hydrogens is 364 g/mol. The van der Waals surface area contributed by atoms with Gasteiger partial charge in [0.05, 0.1) is 24.0 Å². The van der Waals surface area contributed by atoms with Crippen molar-refractivity contribution < 1.29 is 17.9 Å². The lowest BCUT2D eigenvalue weighted by Crippen LogP contribution is -2.42. The van der Waals surface area contributed by atoms with Gasteiger partial charge in [-0.15, -0.1) is 0 Å². The number of carbonyl (C=O) groups excluding carboxylic acids is 1. The van der Waals surface area contributed by atoms with Crippen LogP contribution in [0.4, 0.5) is 5.69 Å². The lowest BCUT2D eigenvalue weighted by molar-refractivity contribution is -0.115. The number of benzene rings is 2. The van der Waals surface area contributed by atoms with E-state index in [4.69, 9.17) is 4.74 Å². The number of nitrogens with zero attached hydrogens (tertiary/aromatic N) is 1. The van der Waals surface area contributed by atoms with Gasteiger partial charge in [0.2, 0.25) is 15.9 Å². The summed E-state index contributed by atoms with van der Waals surface area (Å²) in [6, 6.07) is 12.9. The van der Waals surface area contributed by atoms with Gasteiger partial charge in [-0.1, -0.05) is 31.2 Å². The number of hydrogen-bond acceptors (Lipinski definition) is 4. The van der Waals surface area contributed by atoms with Gasteiger partial charge in [-0.25, -0.2) is 8.42 Å². The fourth-order valence-electron chi connectivity index (χ4n) is 3.53. The van der Waals surface area contributed by atoms with Gasteiger partial charge in [-0.2, -0.15) is 4.31 Å². The van der Waals surface area contributed by atoms with Gasteiger partial charge < -0.3 is 10.1 Å². The molecule has 2 aliphatic rings. The molecule has 0 radical (unpaired) electrons. The highest BCUT2D eigenvalue weighted by molar-refractivity contribution is 7.89. The van der Waals surface area contributed by atoms with Gasteiger partial charge in [0, 0.05) is 18.8 Å². The Hall–Kier alpha value is -2.22. The number of nitrogens with one attached hydrogen (secondary N) is 1. The first-order chi connectivity index (χ1) is 13.0. The molecule has 1 atom stereocenters. The fourth-order valence-corrected chi connectivity index (χ4v) is 5.00. The third-order valence-electron chi connectivity index (χ3n) is 5.13. The Labute approximate surface area is 159 Å². The summed E-state index contributed by atoms with van der Waals surface area (Å²) < 4.78 is 33.5. The molecule has 0 spiro atoms. The monoisotopic (exact) mass is 386 g/mol. The van der Waals surface area contributed by atoms with Crippen molar-refractivity contribution in [2.24, 2.45) is 0 Å². The summed E-state index contributed by atoms with van der Waals surface area (Å²) in [5, 5.41) is 2.73. The Kier molecular flexibility index (Phi) is 4.75. The van der Waals surface area contributed by atoms with E-state index in [2.05, 4.69) is 24.4 Å². The van der Waals surface area contributed by atoms with Crippen LogP contribution >= 0.6 is 0 Å². The number of hydrogen-bond donors (Lipinski definition) is 1. The number of ether oxygens (including phenoxy) is 1. The fraction of sp³-hybridized carbons (Fsp3) is 0.350. The van der Waals surface area contributed by atoms with Crippen LogP contribution < -0.4 is 5.32 Å². The SMILES string of the molecule is CCc1ccc(C2CN(S(=O)(=O)c3ccc4c(c3)CC(=O)N4)CCO2)cc1. The summed E-state index contributed by atoms with van der Waals surface area (Å²) in [6.07, 6.45) is 0.896. The van der Waals surface area contributed by atoms with Crippen LogP contribution in [0.3, 0.4) is 0 Å². The number of aryl methyl sites for hydroxylation is 1. The van der Waals surface area contributed by atoms with Crippen molar-refractivity contribution in [3.63, 3.8) is 0 Å². The van der Waals surface area contributed by atoms with E-state index in [0.717, 1.165) is 17.5 Å². The van der Waals surface area contributed by atoms with Crippen LogP contribution in [0, 0.1) is 0 Å². The van der Waals surface area contributed by atoms with Gasteiger partial charge in [0.1, 0.15) is 0 Å². The molecule has 2 aliphatic heterocycles. The van der Waals surface area contributed by atoms with E-state index < -0.39 is 10.0 Å². The highest BCUT2D eigenvalue weighted by Crippen LogP contribution is 2.30. The zero-order chi connectivity index (χ0) is 19.0. The van der Waals surface area contributed by atoms with Gasteiger partial charge in [-0.05, 0) is 41.3 Å². The molecule has 7 heteroatoms. The van der Waals surface area contributed by atoms with Crippen molar-refractivity contribution in [2.75, 3.05) is 25.0 Å². The highest BCUT2D eigenvalue weighted by atomic mass is 32.2. The van der Waals surface area contributed by atoms with E-state index in [1.54, 1.807) is 18.2 Å². The quantitative estimate of drug-likeness (QED) is 0.876. The summed E-state index contributed by atoms with van der Waals surface area (Å²) >= 11 is 0. The van der Waals surface area contributed by atoms with Gasteiger partial charge in [0.25, 0.3) is 0 Å². The maximum absolute atomic E-state index is 13.1. The van der Waals surface area contributed by atoms with E-state index >= 15 is 0 Å². The predicted octanol–water partition coefficient (Wildman–Crippen LogP) is 2.51. The minimum absolute atomic E-state index is 0.110. The summed E-state index contributed by atoms with van der Waals surface area (Å²) in [6.45, 7) is 3.05. The van der Waals surface area contributed by atoms with Crippen molar-refractivity contribution >= 4 is 21.6 Å². The molecule has 2 heterocycles. The molecular formula is C20H22N2O4S. The average Bonchev–Trinajstić information content (AvgIpc) is 3.07. The Balaban J connectivity index is 1.56. The smallest absolute Gasteiger partial charge is 0.243 e. The minimum Gasteiger partial charge on any atom is -0.371 e. The van der Waals surface area contributed by atoms with Gasteiger partial charge in [-0.3, -0.25) is 4.79 Å². The molecule has 1 saturated heterocycles. The molecule has 1 amide bonds. The second-order valence-electron chi connectivity index (χ2n) is 6.86. The topological polar surface area (TPSA) is 75.7 Å². The Morgan fingerprint density at radius 1 is 1.19 bits per heavy atom. The molecule has 142 valence electrons. The zero-order valence-electron chi connectivity index (χ0n) is 15.1. The Bertz CT molecular complexity index is 970. The third kappa shape index (κ3) is 3.50. The van der Waals surface area contributed by atoms with E-state index in [1.165, 1.54) is 9.87 Å². The van der Waals surface area contributed by atoms with Crippen LogP contribution in [0.25, 0.3) is 0 Å². The first kappa shape index (κ1) is 18.2. The third-order valence-corrected chi connectivity index (χ3v) is 6.99. The number of fused-ring (bicyclic) bond motifs is 1. The van der Waals surface area contributed by atoms with Crippen LogP contribution in [-0.4, -0.2) is 38.3 Å². The second-order valence-corrected chi connectivity index (χ2v) is 8.80. The summed E-state index contributed by atoms with van der Waals surface area (Å²) in [5.74, 6) is -0.110. The van der Waals surface area contributed by atoms with E-state index in [0.29, 0.717) is 18.8 Å². The van der Waals surface area contributed by atoms with Crippen molar-refractivity contribution in [3.05, 3.63) is 59.2 Å². The largest absolute Gasteiger partial charge is 0.371 e. The van der Waals surface area contributed by atoms with Crippen molar-refractivity contribution in [1.29, 1.82) is 0 Å². The summed E-state index contributed by atoms with van der Waals surface area (Å²) in [7, 11) is -3.64. The van der Waals surface area contributed by atoms with Crippen LogP contribution in [0.5, 0.6) is 0 Å². The standard InChI is InChI=1S/C20H22N2O4S/c1-2-14-3-5-15(6-4-14)19-13-22(9-10-26-19)27(24,25)17-7-8-18-16(11-17)12-20(23)21-18/h3-8,11,19H,2,9-10,12-13H2,1H3,(H,21,23). The molecule has 0 aromatic heterocycles. The second kappa shape index (κ2) is 7.07. The number of morpholine rings is 1. The number of amides is 1. The lowest BCUT2D eigenvalue weighted by Gasteiger charge is -2.32.